The topological polar surface area (TPSA) is 75.6 Å². The molecule has 5 nitrogen and oxygen atoms in total. The highest BCUT2D eigenvalue weighted by atomic mass is 19.1. The Morgan fingerprint density at radius 3 is 2.38 bits per heavy atom. The van der Waals surface area contributed by atoms with Gasteiger partial charge in [0.05, 0.1) is 18.1 Å². The summed E-state index contributed by atoms with van der Waals surface area (Å²) >= 11 is 0. The van der Waals surface area contributed by atoms with E-state index < -0.39 is 23.1 Å². The van der Waals surface area contributed by atoms with Crippen molar-refractivity contribution in [3.05, 3.63) is 29.6 Å². The molecule has 0 aliphatic heterocycles. The Hall–Kier alpha value is -2.11. The van der Waals surface area contributed by atoms with Gasteiger partial charge in [0.1, 0.15) is 11.6 Å². The van der Waals surface area contributed by atoms with Crippen LogP contribution in [0.4, 0.5) is 4.39 Å². The van der Waals surface area contributed by atoms with Gasteiger partial charge in [-0.05, 0) is 25.0 Å². The third-order valence-electron chi connectivity index (χ3n) is 3.82. The molecule has 1 amide bonds. The molecule has 0 aromatic heterocycles. The van der Waals surface area contributed by atoms with Gasteiger partial charge < -0.3 is 15.2 Å². The summed E-state index contributed by atoms with van der Waals surface area (Å²) < 4.78 is 18.6. The third kappa shape index (κ3) is 3.71. The number of ether oxygens (including phenoxy) is 1. The molecule has 6 heteroatoms. The zero-order valence-electron chi connectivity index (χ0n) is 12.4. The number of halogens is 1. The van der Waals surface area contributed by atoms with Gasteiger partial charge in [-0.15, -0.1) is 0 Å². The van der Waals surface area contributed by atoms with Crippen LogP contribution < -0.4 is 10.1 Å². The molecule has 0 aliphatic rings. The van der Waals surface area contributed by atoms with Gasteiger partial charge in [0.15, 0.2) is 0 Å². The van der Waals surface area contributed by atoms with Crippen molar-refractivity contribution in [1.29, 1.82) is 0 Å². The molecule has 0 saturated carbocycles. The van der Waals surface area contributed by atoms with Crippen molar-refractivity contribution in [3.63, 3.8) is 0 Å². The maximum atomic E-state index is 13.8. The largest absolute Gasteiger partial charge is 0.497 e. The first-order chi connectivity index (χ1) is 9.90. The first-order valence-corrected chi connectivity index (χ1v) is 6.75. The molecule has 0 saturated heterocycles. The van der Waals surface area contributed by atoms with E-state index in [1.165, 1.54) is 19.2 Å². The molecule has 2 N–H and O–H groups in total. The second-order valence-corrected chi connectivity index (χ2v) is 4.82. The number of benzene rings is 1. The number of amides is 1. The molecule has 0 bridgehead atoms. The van der Waals surface area contributed by atoms with Crippen molar-refractivity contribution in [2.75, 3.05) is 13.7 Å². The van der Waals surface area contributed by atoms with Crippen molar-refractivity contribution in [2.24, 2.45) is 5.41 Å². The Labute approximate surface area is 123 Å². The molecule has 1 aromatic carbocycles. The smallest absolute Gasteiger partial charge is 0.311 e. The Morgan fingerprint density at radius 2 is 1.95 bits per heavy atom. The fraction of sp³-hybridized carbons (Fsp3) is 0.467. The predicted molar refractivity (Wildman–Crippen MR) is 75.9 cm³/mol. The van der Waals surface area contributed by atoms with Gasteiger partial charge in [0, 0.05) is 12.6 Å². The second-order valence-electron chi connectivity index (χ2n) is 4.82. The molecule has 0 atom stereocenters. The minimum Gasteiger partial charge on any atom is -0.497 e. The number of carboxylic acid groups (broad SMARTS) is 1. The lowest BCUT2D eigenvalue weighted by atomic mass is 9.82. The van der Waals surface area contributed by atoms with Crippen molar-refractivity contribution in [1.82, 2.24) is 5.32 Å². The van der Waals surface area contributed by atoms with Crippen molar-refractivity contribution >= 4 is 11.9 Å². The molecule has 0 unspecified atom stereocenters. The Bertz CT molecular complexity index is 526. The predicted octanol–water partition coefficient (Wildman–Crippen LogP) is 2.46. The number of hydrogen-bond donors (Lipinski definition) is 2. The first kappa shape index (κ1) is 16.9. The maximum absolute atomic E-state index is 13.8. The van der Waals surface area contributed by atoms with E-state index in [2.05, 4.69) is 5.32 Å². The van der Waals surface area contributed by atoms with Gasteiger partial charge in [-0.3, -0.25) is 9.59 Å². The van der Waals surface area contributed by atoms with Crippen LogP contribution >= 0.6 is 0 Å². The molecule has 116 valence electrons. The van der Waals surface area contributed by atoms with Crippen LogP contribution in [0.15, 0.2) is 18.2 Å². The van der Waals surface area contributed by atoms with Gasteiger partial charge in [-0.25, -0.2) is 4.39 Å². The molecular weight excluding hydrogens is 277 g/mol. The van der Waals surface area contributed by atoms with E-state index in [0.717, 1.165) is 6.07 Å². The molecule has 21 heavy (non-hydrogen) atoms. The van der Waals surface area contributed by atoms with Crippen molar-refractivity contribution in [2.45, 2.75) is 26.7 Å². The van der Waals surface area contributed by atoms with Crippen LogP contribution in [0.2, 0.25) is 0 Å². The van der Waals surface area contributed by atoms with Gasteiger partial charge in [-0.2, -0.15) is 0 Å². The van der Waals surface area contributed by atoms with Gasteiger partial charge >= 0.3 is 5.97 Å². The standard InChI is InChI=1S/C15H20FNO4/c1-4-15(5-2,14(19)20)9-17-13(18)11-7-6-10(21-3)8-12(11)16/h6-8H,4-5,9H2,1-3H3,(H,17,18)(H,19,20). The van der Waals surface area contributed by atoms with Crippen molar-refractivity contribution < 1.29 is 23.8 Å². The summed E-state index contributed by atoms with van der Waals surface area (Å²) in [5, 5.41) is 11.8. The number of methoxy groups -OCH3 is 1. The summed E-state index contributed by atoms with van der Waals surface area (Å²) in [4.78, 5) is 23.3. The Kier molecular flexibility index (Phi) is 5.69. The SMILES string of the molecule is CCC(CC)(CNC(=O)c1ccc(OC)cc1F)C(=O)O. The van der Waals surface area contributed by atoms with E-state index in [-0.39, 0.29) is 12.1 Å². The Balaban J connectivity index is 2.84. The minimum absolute atomic E-state index is 0.0420. The van der Waals surface area contributed by atoms with E-state index in [0.29, 0.717) is 18.6 Å². The van der Waals surface area contributed by atoms with Crippen LogP contribution in [0.25, 0.3) is 0 Å². The Morgan fingerprint density at radius 1 is 1.33 bits per heavy atom. The summed E-state index contributed by atoms with van der Waals surface area (Å²) in [6, 6.07) is 3.89. The average Bonchev–Trinajstić information content (AvgIpc) is 2.48. The summed E-state index contributed by atoms with van der Waals surface area (Å²) in [6.45, 7) is 3.45. The fourth-order valence-corrected chi connectivity index (χ4v) is 2.03. The minimum atomic E-state index is -1.03. The van der Waals surface area contributed by atoms with E-state index in [1.54, 1.807) is 13.8 Å². The highest BCUT2D eigenvalue weighted by Crippen LogP contribution is 2.26. The molecule has 1 aromatic rings. The van der Waals surface area contributed by atoms with Gasteiger partial charge in [-0.1, -0.05) is 13.8 Å². The molecule has 0 fully saturated rings. The molecule has 0 radical (unpaired) electrons. The van der Waals surface area contributed by atoms with Crippen LogP contribution in [0, 0.1) is 11.2 Å². The van der Waals surface area contributed by atoms with E-state index in [9.17, 15) is 19.1 Å². The molecule has 1 rings (SSSR count). The van der Waals surface area contributed by atoms with Crippen LogP contribution in [0.1, 0.15) is 37.0 Å². The van der Waals surface area contributed by atoms with Crippen molar-refractivity contribution in [3.8, 4) is 5.75 Å². The van der Waals surface area contributed by atoms with Crippen LogP contribution in [-0.4, -0.2) is 30.6 Å². The molecular formula is C15H20FNO4. The van der Waals surface area contributed by atoms with E-state index in [1.807, 2.05) is 0 Å². The first-order valence-electron chi connectivity index (χ1n) is 6.75. The number of carbonyl (C=O) groups excluding carboxylic acids is 1. The highest BCUT2D eigenvalue weighted by Gasteiger charge is 2.35. The number of nitrogens with one attached hydrogen (secondary N) is 1. The molecule has 0 heterocycles. The maximum Gasteiger partial charge on any atom is 0.311 e. The van der Waals surface area contributed by atoms with Crippen LogP contribution in [0.3, 0.4) is 0 Å². The van der Waals surface area contributed by atoms with Gasteiger partial charge in [0.2, 0.25) is 0 Å². The number of hydrogen-bond acceptors (Lipinski definition) is 3. The third-order valence-corrected chi connectivity index (χ3v) is 3.82. The quantitative estimate of drug-likeness (QED) is 0.810. The number of carboxylic acids is 1. The molecule has 0 spiro atoms. The average molecular weight is 297 g/mol. The van der Waals surface area contributed by atoms with Crippen LogP contribution in [-0.2, 0) is 4.79 Å². The van der Waals surface area contributed by atoms with E-state index in [4.69, 9.17) is 4.74 Å². The monoisotopic (exact) mass is 297 g/mol. The second kappa shape index (κ2) is 7.06. The summed E-state index contributed by atoms with van der Waals surface area (Å²) in [5.41, 5.74) is -1.17. The highest BCUT2D eigenvalue weighted by molar-refractivity contribution is 5.95. The lowest BCUT2D eigenvalue weighted by Gasteiger charge is -2.26. The molecule has 0 aliphatic carbocycles. The lowest BCUT2D eigenvalue weighted by Crippen LogP contribution is -2.42. The van der Waals surface area contributed by atoms with E-state index >= 15 is 0 Å². The number of carbonyl (C=O) groups is 2. The summed E-state index contributed by atoms with van der Waals surface area (Å²) in [7, 11) is 1.40. The number of rotatable bonds is 7. The zero-order chi connectivity index (χ0) is 16.0. The zero-order valence-corrected chi connectivity index (χ0v) is 12.4. The fourth-order valence-electron chi connectivity index (χ4n) is 2.03. The normalized spacial score (nSPS) is 11.0. The van der Waals surface area contributed by atoms with Gasteiger partial charge in [0.25, 0.3) is 5.91 Å². The lowest BCUT2D eigenvalue weighted by molar-refractivity contribution is -0.149. The summed E-state index contributed by atoms with van der Waals surface area (Å²) in [6.07, 6.45) is 0.758. The van der Waals surface area contributed by atoms with Crippen LogP contribution in [0.5, 0.6) is 5.75 Å². The summed E-state index contributed by atoms with van der Waals surface area (Å²) in [5.74, 6) is -2.00. The number of aliphatic carboxylic acids is 1.